The van der Waals surface area contributed by atoms with Gasteiger partial charge in [-0.3, -0.25) is 0 Å². The molecule has 4 rings (SSSR count). The Hall–Kier alpha value is -4.36. The number of carbonyl (C=O) groups is 1. The number of hydrogen-bond acceptors (Lipinski definition) is 4. The Bertz CT molecular complexity index is 1320. The Morgan fingerprint density at radius 1 is 0.892 bits per heavy atom. The summed E-state index contributed by atoms with van der Waals surface area (Å²) in [7, 11) is 0. The van der Waals surface area contributed by atoms with Crippen molar-refractivity contribution < 1.29 is 9.53 Å². The highest BCUT2D eigenvalue weighted by Crippen LogP contribution is 2.40. The molecule has 0 fully saturated rings. The van der Waals surface area contributed by atoms with E-state index in [1.165, 1.54) is 0 Å². The highest BCUT2D eigenvalue weighted by Gasteiger charge is 2.28. The lowest BCUT2D eigenvalue weighted by atomic mass is 9.74. The van der Waals surface area contributed by atoms with Crippen LogP contribution < -0.4 is 4.90 Å². The molecule has 0 aromatic heterocycles. The molecule has 0 amide bonds. The molecule has 0 N–H and O–H groups in total. The van der Waals surface area contributed by atoms with Gasteiger partial charge in [-0.25, -0.2) is 4.79 Å². The van der Waals surface area contributed by atoms with Gasteiger partial charge in [0, 0.05) is 17.1 Å². The van der Waals surface area contributed by atoms with Crippen LogP contribution in [0, 0.1) is 16.7 Å². The van der Waals surface area contributed by atoms with E-state index in [9.17, 15) is 10.1 Å². The normalized spacial score (nSPS) is 16.0. The maximum atomic E-state index is 12.3. The van der Waals surface area contributed by atoms with Crippen molar-refractivity contribution in [3.8, 4) is 6.07 Å². The predicted molar refractivity (Wildman–Crippen MR) is 151 cm³/mol. The van der Waals surface area contributed by atoms with Gasteiger partial charge in [-0.05, 0) is 78.3 Å². The van der Waals surface area contributed by atoms with E-state index in [4.69, 9.17) is 4.74 Å². The molecule has 0 bridgehead atoms. The molecule has 0 atom stereocenters. The van der Waals surface area contributed by atoms with Crippen LogP contribution >= 0.6 is 0 Å². The number of ether oxygens (including phenoxy) is 1. The number of allylic oxidation sites excluding steroid dienone is 4. The Morgan fingerprint density at radius 3 is 2.00 bits per heavy atom. The van der Waals surface area contributed by atoms with Gasteiger partial charge in [0.1, 0.15) is 11.6 Å². The van der Waals surface area contributed by atoms with Crippen molar-refractivity contribution in [3.63, 3.8) is 0 Å². The zero-order valence-electron chi connectivity index (χ0n) is 21.6. The molecule has 3 aromatic rings. The molecule has 0 saturated heterocycles. The van der Waals surface area contributed by atoms with Gasteiger partial charge < -0.3 is 9.64 Å². The molecule has 1 aliphatic carbocycles. The SMILES string of the molecule is CCOC(=O)/C(C#N)=C1C=C(/C=C/c2ccc(N(c3ccccc3)c3ccccc3)cc2)CC(C)(C)C/1. The average molecular weight is 489 g/mol. The Balaban J connectivity index is 1.61. The van der Waals surface area contributed by atoms with E-state index in [1.54, 1.807) is 6.92 Å². The molecule has 0 unspecified atom stereocenters. The van der Waals surface area contributed by atoms with Crippen LogP contribution in [0.5, 0.6) is 0 Å². The number of esters is 1. The van der Waals surface area contributed by atoms with Crippen molar-refractivity contribution in [2.45, 2.75) is 33.6 Å². The largest absolute Gasteiger partial charge is 0.462 e. The van der Waals surface area contributed by atoms with E-state index >= 15 is 0 Å². The second-order valence-electron chi connectivity index (χ2n) is 9.90. The lowest BCUT2D eigenvalue weighted by Crippen LogP contribution is -2.19. The minimum absolute atomic E-state index is 0.0614. The van der Waals surface area contributed by atoms with Crippen LogP contribution in [-0.2, 0) is 9.53 Å². The van der Waals surface area contributed by atoms with E-state index in [-0.39, 0.29) is 17.6 Å². The first-order chi connectivity index (χ1) is 17.9. The number of nitriles is 1. The van der Waals surface area contributed by atoms with Crippen LogP contribution in [0.15, 0.2) is 114 Å². The fourth-order valence-corrected chi connectivity index (χ4v) is 4.72. The van der Waals surface area contributed by atoms with Crippen molar-refractivity contribution in [3.05, 3.63) is 119 Å². The molecule has 4 nitrogen and oxygen atoms in total. The lowest BCUT2D eigenvalue weighted by Gasteiger charge is -2.30. The number of anilines is 3. The Kier molecular flexibility index (Phi) is 8.05. The molecular formula is C33H32N2O2. The van der Waals surface area contributed by atoms with Crippen LogP contribution in [0.3, 0.4) is 0 Å². The van der Waals surface area contributed by atoms with Crippen molar-refractivity contribution in [2.75, 3.05) is 11.5 Å². The maximum absolute atomic E-state index is 12.3. The van der Waals surface area contributed by atoms with Gasteiger partial charge in [0.05, 0.1) is 6.61 Å². The number of rotatable bonds is 7. The van der Waals surface area contributed by atoms with E-state index in [0.717, 1.165) is 40.2 Å². The second-order valence-corrected chi connectivity index (χ2v) is 9.90. The molecule has 4 heteroatoms. The van der Waals surface area contributed by atoms with Crippen LogP contribution in [0.25, 0.3) is 6.08 Å². The first-order valence-electron chi connectivity index (χ1n) is 12.6. The van der Waals surface area contributed by atoms with Gasteiger partial charge in [0.2, 0.25) is 0 Å². The number of carbonyl (C=O) groups excluding carboxylic acids is 1. The molecule has 0 aliphatic heterocycles. The first-order valence-corrected chi connectivity index (χ1v) is 12.6. The number of nitrogens with zero attached hydrogens (tertiary/aromatic N) is 2. The molecule has 0 saturated carbocycles. The summed E-state index contributed by atoms with van der Waals surface area (Å²) in [5.41, 5.74) is 6.22. The highest BCUT2D eigenvalue weighted by molar-refractivity contribution is 5.94. The van der Waals surface area contributed by atoms with Crippen LogP contribution in [0.1, 0.15) is 39.2 Å². The third-order valence-corrected chi connectivity index (χ3v) is 6.29. The summed E-state index contributed by atoms with van der Waals surface area (Å²) in [4.78, 5) is 14.5. The number of hydrogen-bond donors (Lipinski definition) is 0. The topological polar surface area (TPSA) is 53.3 Å². The third kappa shape index (κ3) is 6.45. The number of para-hydroxylation sites is 2. The smallest absolute Gasteiger partial charge is 0.349 e. The molecule has 0 radical (unpaired) electrons. The molecule has 1 aliphatic rings. The van der Waals surface area contributed by atoms with Crippen molar-refractivity contribution in [1.82, 2.24) is 0 Å². The first kappa shape index (κ1) is 25.7. The van der Waals surface area contributed by atoms with Gasteiger partial charge in [0.15, 0.2) is 0 Å². The van der Waals surface area contributed by atoms with Crippen molar-refractivity contribution in [2.24, 2.45) is 5.41 Å². The number of benzene rings is 3. The van der Waals surface area contributed by atoms with Crippen LogP contribution in [0.4, 0.5) is 17.1 Å². The maximum Gasteiger partial charge on any atom is 0.349 e. The summed E-state index contributed by atoms with van der Waals surface area (Å²) in [6, 6.07) is 31.2. The van der Waals surface area contributed by atoms with Crippen LogP contribution in [-0.4, -0.2) is 12.6 Å². The van der Waals surface area contributed by atoms with E-state index in [1.807, 2.05) is 42.5 Å². The van der Waals surface area contributed by atoms with E-state index in [2.05, 4.69) is 85.5 Å². The molecule has 186 valence electrons. The quantitative estimate of drug-likeness (QED) is 0.191. The van der Waals surface area contributed by atoms with Gasteiger partial charge in [-0.2, -0.15) is 5.26 Å². The molecule has 0 heterocycles. The molecule has 0 spiro atoms. The zero-order valence-corrected chi connectivity index (χ0v) is 21.6. The second kappa shape index (κ2) is 11.6. The summed E-state index contributed by atoms with van der Waals surface area (Å²) in [6.45, 7) is 6.31. The summed E-state index contributed by atoms with van der Waals surface area (Å²) >= 11 is 0. The van der Waals surface area contributed by atoms with Crippen LogP contribution in [0.2, 0.25) is 0 Å². The van der Waals surface area contributed by atoms with Gasteiger partial charge in [-0.1, -0.05) is 80.6 Å². The summed E-state index contributed by atoms with van der Waals surface area (Å²) < 4.78 is 5.10. The fourth-order valence-electron chi connectivity index (χ4n) is 4.72. The predicted octanol–water partition coefficient (Wildman–Crippen LogP) is 8.30. The summed E-state index contributed by atoms with van der Waals surface area (Å²) in [6.07, 6.45) is 7.67. The Labute approximate surface area is 219 Å². The van der Waals surface area contributed by atoms with E-state index < -0.39 is 5.97 Å². The standard InChI is InChI=1S/C33H32N2O2/c1-4-37-32(36)31(24-34)27-21-26(22-33(2,3)23-27)16-15-25-17-19-30(20-18-25)35(28-11-7-5-8-12-28)29-13-9-6-10-14-29/h5-21H,4,22-23H2,1-3H3/b16-15+,31-27-. The zero-order chi connectivity index (χ0) is 26.3. The lowest BCUT2D eigenvalue weighted by molar-refractivity contribution is -0.138. The van der Waals surface area contributed by atoms with Gasteiger partial charge >= 0.3 is 5.97 Å². The van der Waals surface area contributed by atoms with Gasteiger partial charge in [0.25, 0.3) is 0 Å². The van der Waals surface area contributed by atoms with Crippen molar-refractivity contribution in [1.29, 1.82) is 5.26 Å². The van der Waals surface area contributed by atoms with Gasteiger partial charge in [-0.15, -0.1) is 0 Å². The highest BCUT2D eigenvalue weighted by atomic mass is 16.5. The summed E-state index contributed by atoms with van der Waals surface area (Å²) in [5.74, 6) is -0.547. The fraction of sp³-hybridized carbons (Fsp3) is 0.212. The van der Waals surface area contributed by atoms with E-state index in [0.29, 0.717) is 6.42 Å². The monoisotopic (exact) mass is 488 g/mol. The van der Waals surface area contributed by atoms with Crippen molar-refractivity contribution >= 4 is 29.1 Å². The molecule has 3 aromatic carbocycles. The molecular weight excluding hydrogens is 456 g/mol. The molecule has 37 heavy (non-hydrogen) atoms. The minimum Gasteiger partial charge on any atom is -0.462 e. The minimum atomic E-state index is -0.547. The summed E-state index contributed by atoms with van der Waals surface area (Å²) in [5, 5.41) is 9.62. The third-order valence-electron chi connectivity index (χ3n) is 6.29. The average Bonchev–Trinajstić information content (AvgIpc) is 2.89. The Morgan fingerprint density at radius 2 is 1.46 bits per heavy atom.